The summed E-state index contributed by atoms with van der Waals surface area (Å²) in [7, 11) is 0. The molecular weight excluding hydrogens is 200 g/mol. The Labute approximate surface area is 97.3 Å². The monoisotopic (exact) mass is 220 g/mol. The Morgan fingerprint density at radius 2 is 2.12 bits per heavy atom. The van der Waals surface area contributed by atoms with Gasteiger partial charge in [0.05, 0.1) is 6.61 Å². The Morgan fingerprint density at radius 3 is 2.62 bits per heavy atom. The molecule has 0 spiro atoms. The van der Waals surface area contributed by atoms with Crippen LogP contribution in [0, 0.1) is 12.3 Å². The molecule has 0 saturated heterocycles. The summed E-state index contributed by atoms with van der Waals surface area (Å²) in [6, 6.07) is 6.34. The maximum atomic E-state index is 9.30. The zero-order valence-corrected chi connectivity index (χ0v) is 10.1. The number of rotatable bonds is 5. The summed E-state index contributed by atoms with van der Waals surface area (Å²) in [6.07, 6.45) is 3.32. The van der Waals surface area contributed by atoms with Crippen LogP contribution >= 0.6 is 0 Å². The molecule has 1 saturated carbocycles. The summed E-state index contributed by atoms with van der Waals surface area (Å²) in [4.78, 5) is 0. The first kappa shape index (κ1) is 11.5. The Morgan fingerprint density at radius 1 is 1.38 bits per heavy atom. The summed E-state index contributed by atoms with van der Waals surface area (Å²) in [5, 5.41) is 9.30. The number of aryl methyl sites for hydroxylation is 1. The zero-order valence-electron chi connectivity index (χ0n) is 10.1. The number of ether oxygens (including phenoxy) is 1. The van der Waals surface area contributed by atoms with Crippen LogP contribution in [0.1, 0.15) is 30.9 Å². The predicted octanol–water partition coefficient (Wildman–Crippen LogP) is 2.71. The topological polar surface area (TPSA) is 29.5 Å². The zero-order chi connectivity index (χ0) is 11.6. The van der Waals surface area contributed by atoms with E-state index in [0.717, 1.165) is 25.0 Å². The number of hydrogen-bond acceptors (Lipinski definition) is 2. The molecule has 2 rings (SSSR count). The average molecular weight is 220 g/mol. The van der Waals surface area contributed by atoms with Crippen LogP contribution in [0.4, 0.5) is 0 Å². The second kappa shape index (κ2) is 4.46. The van der Waals surface area contributed by atoms with Gasteiger partial charge >= 0.3 is 0 Å². The molecule has 16 heavy (non-hydrogen) atoms. The van der Waals surface area contributed by atoms with E-state index < -0.39 is 0 Å². The van der Waals surface area contributed by atoms with Gasteiger partial charge in [-0.25, -0.2) is 0 Å². The molecule has 1 fully saturated rings. The maximum absolute atomic E-state index is 9.30. The van der Waals surface area contributed by atoms with Gasteiger partial charge in [-0.2, -0.15) is 0 Å². The molecule has 0 aliphatic heterocycles. The van der Waals surface area contributed by atoms with E-state index in [-0.39, 0.29) is 5.41 Å². The van der Waals surface area contributed by atoms with E-state index in [9.17, 15) is 5.11 Å². The van der Waals surface area contributed by atoms with Crippen molar-refractivity contribution in [2.24, 2.45) is 5.41 Å². The van der Waals surface area contributed by atoms with Gasteiger partial charge in [0.25, 0.3) is 0 Å². The minimum absolute atomic E-state index is 0.194. The van der Waals surface area contributed by atoms with Gasteiger partial charge in [-0.3, -0.25) is 0 Å². The van der Waals surface area contributed by atoms with Crippen molar-refractivity contribution in [3.63, 3.8) is 0 Å². The van der Waals surface area contributed by atoms with Gasteiger partial charge in [-0.1, -0.05) is 12.1 Å². The molecule has 1 aromatic rings. The normalized spacial score (nSPS) is 17.2. The van der Waals surface area contributed by atoms with E-state index in [2.05, 4.69) is 19.1 Å². The number of aliphatic hydroxyl groups excluding tert-OH is 1. The van der Waals surface area contributed by atoms with Gasteiger partial charge in [-0.15, -0.1) is 0 Å². The molecular formula is C14H20O2. The predicted molar refractivity (Wildman–Crippen MR) is 64.8 cm³/mol. The first-order valence-electron chi connectivity index (χ1n) is 6.02. The Hall–Kier alpha value is -1.02. The lowest BCUT2D eigenvalue weighted by Gasteiger charge is -2.13. The lowest BCUT2D eigenvalue weighted by Crippen LogP contribution is -2.10. The van der Waals surface area contributed by atoms with Crippen LogP contribution in [0.5, 0.6) is 5.75 Å². The third-order valence-electron chi connectivity index (χ3n) is 3.41. The summed E-state index contributed by atoms with van der Waals surface area (Å²) >= 11 is 0. The van der Waals surface area contributed by atoms with Crippen LogP contribution in [0.2, 0.25) is 0 Å². The minimum atomic E-state index is 0.194. The number of benzene rings is 1. The molecule has 2 nitrogen and oxygen atoms in total. The smallest absolute Gasteiger partial charge is 0.122 e. The molecule has 0 atom stereocenters. The van der Waals surface area contributed by atoms with Gasteiger partial charge in [0.2, 0.25) is 0 Å². The van der Waals surface area contributed by atoms with Gasteiger partial charge < -0.3 is 9.84 Å². The number of hydrogen-bond donors (Lipinski definition) is 1. The molecule has 2 heteroatoms. The van der Waals surface area contributed by atoms with Crippen LogP contribution in [-0.2, 0) is 6.42 Å². The van der Waals surface area contributed by atoms with Crippen LogP contribution in [0.25, 0.3) is 0 Å². The van der Waals surface area contributed by atoms with E-state index >= 15 is 0 Å². The molecule has 1 N–H and O–H groups in total. The lowest BCUT2D eigenvalue weighted by molar-refractivity contribution is 0.211. The molecule has 0 radical (unpaired) electrons. The summed E-state index contributed by atoms with van der Waals surface area (Å²) in [5.74, 6) is 0.972. The third kappa shape index (κ3) is 2.38. The van der Waals surface area contributed by atoms with Crippen LogP contribution in [0.15, 0.2) is 18.2 Å². The van der Waals surface area contributed by atoms with Crippen LogP contribution in [-0.4, -0.2) is 18.3 Å². The molecule has 1 aromatic carbocycles. The summed E-state index contributed by atoms with van der Waals surface area (Å²) < 4.78 is 5.51. The van der Waals surface area contributed by atoms with Crippen molar-refractivity contribution in [3.05, 3.63) is 29.3 Å². The van der Waals surface area contributed by atoms with Crippen molar-refractivity contribution >= 4 is 0 Å². The Kier molecular flexibility index (Phi) is 3.20. The second-order valence-corrected chi connectivity index (χ2v) is 4.87. The third-order valence-corrected chi connectivity index (χ3v) is 3.41. The van der Waals surface area contributed by atoms with Crippen molar-refractivity contribution < 1.29 is 9.84 Å². The molecule has 1 aliphatic rings. The van der Waals surface area contributed by atoms with Crippen molar-refractivity contribution in [2.45, 2.75) is 33.1 Å². The maximum Gasteiger partial charge on any atom is 0.122 e. The molecule has 0 heterocycles. The number of aliphatic hydroxyl groups is 1. The van der Waals surface area contributed by atoms with Crippen LogP contribution in [0.3, 0.4) is 0 Å². The van der Waals surface area contributed by atoms with E-state index in [1.165, 1.54) is 11.1 Å². The molecule has 1 aliphatic carbocycles. The van der Waals surface area contributed by atoms with Crippen molar-refractivity contribution in [1.82, 2.24) is 0 Å². The standard InChI is InChI=1S/C14H20O2/c1-3-16-13-5-4-12(8-11(13)2)9-14(10-15)6-7-14/h4-5,8,15H,3,6-7,9-10H2,1-2H3. The van der Waals surface area contributed by atoms with E-state index in [4.69, 9.17) is 4.74 Å². The molecule has 0 amide bonds. The highest BCUT2D eigenvalue weighted by molar-refractivity contribution is 5.37. The van der Waals surface area contributed by atoms with Gasteiger partial charge in [0, 0.05) is 6.61 Å². The largest absolute Gasteiger partial charge is 0.494 e. The van der Waals surface area contributed by atoms with Crippen LogP contribution < -0.4 is 4.74 Å². The molecule has 0 bridgehead atoms. The SMILES string of the molecule is CCOc1ccc(CC2(CO)CC2)cc1C. The average Bonchev–Trinajstić information content (AvgIpc) is 3.03. The molecule has 0 unspecified atom stereocenters. The van der Waals surface area contributed by atoms with Crippen molar-refractivity contribution in [2.75, 3.05) is 13.2 Å². The Bertz CT molecular complexity index is 367. The second-order valence-electron chi connectivity index (χ2n) is 4.87. The quantitative estimate of drug-likeness (QED) is 0.826. The van der Waals surface area contributed by atoms with E-state index in [1.54, 1.807) is 0 Å². The molecule has 88 valence electrons. The highest BCUT2D eigenvalue weighted by Gasteiger charge is 2.41. The summed E-state index contributed by atoms with van der Waals surface area (Å²) in [6.45, 7) is 5.10. The highest BCUT2D eigenvalue weighted by atomic mass is 16.5. The highest BCUT2D eigenvalue weighted by Crippen LogP contribution is 2.47. The first-order valence-corrected chi connectivity index (χ1v) is 6.02. The fourth-order valence-corrected chi connectivity index (χ4v) is 2.14. The fraction of sp³-hybridized carbons (Fsp3) is 0.571. The first-order chi connectivity index (χ1) is 7.69. The van der Waals surface area contributed by atoms with Crippen molar-refractivity contribution in [3.8, 4) is 5.75 Å². The minimum Gasteiger partial charge on any atom is -0.494 e. The lowest BCUT2D eigenvalue weighted by atomic mass is 9.96. The van der Waals surface area contributed by atoms with Gasteiger partial charge in [-0.05, 0) is 55.7 Å². The van der Waals surface area contributed by atoms with Crippen molar-refractivity contribution in [1.29, 1.82) is 0 Å². The summed E-state index contributed by atoms with van der Waals surface area (Å²) in [5.41, 5.74) is 2.69. The Balaban J connectivity index is 2.09. The molecule has 0 aromatic heterocycles. The van der Waals surface area contributed by atoms with E-state index in [0.29, 0.717) is 13.2 Å². The van der Waals surface area contributed by atoms with E-state index in [1.807, 2.05) is 13.0 Å². The van der Waals surface area contributed by atoms with Gasteiger partial charge in [0.1, 0.15) is 5.75 Å². The fourth-order valence-electron chi connectivity index (χ4n) is 2.14. The van der Waals surface area contributed by atoms with Gasteiger partial charge in [0.15, 0.2) is 0 Å².